The highest BCUT2D eigenvalue weighted by Crippen LogP contribution is 2.10. The van der Waals surface area contributed by atoms with E-state index in [0.717, 1.165) is 12.8 Å². The maximum absolute atomic E-state index is 11.7. The first kappa shape index (κ1) is 39.1. The number of rotatable bonds is 35. The van der Waals surface area contributed by atoms with Crippen molar-refractivity contribution in [2.24, 2.45) is 0 Å². The zero-order valence-corrected chi connectivity index (χ0v) is 25.7. The second-order valence-electron chi connectivity index (χ2n) is 9.28. The molecule has 0 aliphatic rings. The Morgan fingerprint density at radius 2 is 0.675 bits per heavy atom. The molecule has 0 aromatic rings. The summed E-state index contributed by atoms with van der Waals surface area (Å²) in [6, 6.07) is 0. The molecule has 10 nitrogen and oxygen atoms in total. The molecule has 40 heavy (non-hydrogen) atoms. The molecule has 0 rings (SSSR count). The van der Waals surface area contributed by atoms with Crippen LogP contribution in [0.3, 0.4) is 0 Å². The van der Waals surface area contributed by atoms with Gasteiger partial charge < -0.3 is 42.6 Å². The molecule has 0 aliphatic heterocycles. The molecule has 0 fully saturated rings. The van der Waals surface area contributed by atoms with Crippen LogP contribution >= 0.6 is 0 Å². The highest BCUT2D eigenvalue weighted by molar-refractivity contribution is 5.69. The number of carbonyl (C=O) groups excluding carboxylic acids is 1. The first-order valence-electron chi connectivity index (χ1n) is 15.6. The van der Waals surface area contributed by atoms with Crippen molar-refractivity contribution in [2.45, 2.75) is 78.1 Å². The molecule has 0 amide bonds. The standard InChI is InChI=1S/C30H60O10/c1-3-5-6-7-8-9-10-11-12-13-30(31)40-29-28-39-27-26-38-25-24-37-23-22-36-21-20-35-19-18-34-17-16-33-15-14-32-4-2/h3-29H2,1-2H3. The monoisotopic (exact) mass is 580 g/mol. The van der Waals surface area contributed by atoms with Crippen LogP contribution in [0.5, 0.6) is 0 Å². The quantitative estimate of drug-likeness (QED) is 0.0781. The largest absolute Gasteiger partial charge is 0.463 e. The van der Waals surface area contributed by atoms with Crippen LogP contribution < -0.4 is 0 Å². The Hall–Kier alpha value is -0.850. The van der Waals surface area contributed by atoms with Gasteiger partial charge in [0.15, 0.2) is 0 Å². The van der Waals surface area contributed by atoms with Gasteiger partial charge >= 0.3 is 5.97 Å². The Morgan fingerprint density at radius 1 is 0.375 bits per heavy atom. The molecule has 10 heteroatoms. The predicted molar refractivity (Wildman–Crippen MR) is 155 cm³/mol. The van der Waals surface area contributed by atoms with Gasteiger partial charge in [-0.3, -0.25) is 4.79 Å². The number of carbonyl (C=O) groups is 1. The van der Waals surface area contributed by atoms with Crippen LogP contribution in [-0.4, -0.2) is 118 Å². The summed E-state index contributed by atoms with van der Waals surface area (Å²) >= 11 is 0. The Balaban J connectivity index is 3.11. The van der Waals surface area contributed by atoms with E-state index in [0.29, 0.717) is 119 Å². The molecule has 0 unspecified atom stereocenters. The van der Waals surface area contributed by atoms with E-state index in [1.165, 1.54) is 44.9 Å². The molecule has 0 aromatic heterocycles. The van der Waals surface area contributed by atoms with Crippen LogP contribution in [0.4, 0.5) is 0 Å². The molecule has 0 heterocycles. The van der Waals surface area contributed by atoms with Crippen molar-refractivity contribution in [1.82, 2.24) is 0 Å². The van der Waals surface area contributed by atoms with Gasteiger partial charge in [-0.05, 0) is 13.3 Å². The van der Waals surface area contributed by atoms with Gasteiger partial charge in [-0.15, -0.1) is 0 Å². The van der Waals surface area contributed by atoms with Crippen LogP contribution in [0.2, 0.25) is 0 Å². The second-order valence-corrected chi connectivity index (χ2v) is 9.28. The summed E-state index contributed by atoms with van der Waals surface area (Å²) in [4.78, 5) is 11.7. The average molecular weight is 581 g/mol. The summed E-state index contributed by atoms with van der Waals surface area (Å²) in [6.07, 6.45) is 11.6. The van der Waals surface area contributed by atoms with E-state index in [4.69, 9.17) is 42.6 Å². The lowest BCUT2D eigenvalue weighted by Gasteiger charge is -2.09. The van der Waals surface area contributed by atoms with Crippen molar-refractivity contribution in [3.63, 3.8) is 0 Å². The highest BCUT2D eigenvalue weighted by atomic mass is 16.6. The average Bonchev–Trinajstić information content (AvgIpc) is 2.96. The minimum Gasteiger partial charge on any atom is -0.463 e. The summed E-state index contributed by atoms with van der Waals surface area (Å²) < 4.78 is 48.4. The van der Waals surface area contributed by atoms with Gasteiger partial charge in [0.2, 0.25) is 0 Å². The third kappa shape index (κ3) is 35.2. The molecule has 240 valence electrons. The van der Waals surface area contributed by atoms with E-state index in [2.05, 4.69) is 6.92 Å². The number of hydrogen-bond acceptors (Lipinski definition) is 10. The van der Waals surface area contributed by atoms with E-state index in [1.807, 2.05) is 6.92 Å². The highest BCUT2D eigenvalue weighted by Gasteiger charge is 2.02. The first-order valence-corrected chi connectivity index (χ1v) is 15.6. The molecule has 0 N–H and O–H groups in total. The van der Waals surface area contributed by atoms with Gasteiger partial charge in [0.05, 0.1) is 99.1 Å². The maximum atomic E-state index is 11.7. The molecule has 0 radical (unpaired) electrons. The van der Waals surface area contributed by atoms with Gasteiger partial charge in [-0.2, -0.15) is 0 Å². The Labute approximate surface area is 244 Å². The minimum absolute atomic E-state index is 0.132. The topological polar surface area (TPSA) is 100 Å². The van der Waals surface area contributed by atoms with E-state index in [-0.39, 0.29) is 5.97 Å². The number of esters is 1. The number of ether oxygens (including phenoxy) is 9. The second kappa shape index (κ2) is 36.2. The molecule has 0 aliphatic carbocycles. The van der Waals surface area contributed by atoms with Gasteiger partial charge in [0.25, 0.3) is 0 Å². The van der Waals surface area contributed by atoms with Crippen LogP contribution in [0, 0.1) is 0 Å². The van der Waals surface area contributed by atoms with E-state index >= 15 is 0 Å². The van der Waals surface area contributed by atoms with E-state index < -0.39 is 0 Å². The summed E-state index contributed by atoms with van der Waals surface area (Å²) in [7, 11) is 0. The number of hydrogen-bond donors (Lipinski definition) is 0. The van der Waals surface area contributed by atoms with Crippen LogP contribution in [0.15, 0.2) is 0 Å². The van der Waals surface area contributed by atoms with Gasteiger partial charge in [-0.25, -0.2) is 0 Å². The molecular weight excluding hydrogens is 520 g/mol. The molecule has 0 bridgehead atoms. The van der Waals surface area contributed by atoms with E-state index in [9.17, 15) is 4.79 Å². The fraction of sp³-hybridized carbons (Fsp3) is 0.967. The predicted octanol–water partition coefficient (Wildman–Crippen LogP) is 4.60. The van der Waals surface area contributed by atoms with Crippen molar-refractivity contribution >= 4 is 5.97 Å². The van der Waals surface area contributed by atoms with Crippen LogP contribution in [0.25, 0.3) is 0 Å². The van der Waals surface area contributed by atoms with Crippen molar-refractivity contribution in [3.8, 4) is 0 Å². The summed E-state index contributed by atoms with van der Waals surface area (Å²) in [5, 5.41) is 0. The minimum atomic E-state index is -0.132. The lowest BCUT2D eigenvalue weighted by Crippen LogP contribution is -2.15. The zero-order valence-electron chi connectivity index (χ0n) is 25.7. The third-order valence-electron chi connectivity index (χ3n) is 5.78. The molecule has 0 atom stereocenters. The number of unbranched alkanes of at least 4 members (excludes halogenated alkanes) is 8. The SMILES string of the molecule is CCCCCCCCCCCC(=O)OCCOCCOCCOCCOCCOCCOCCOCCOCC. The third-order valence-corrected chi connectivity index (χ3v) is 5.78. The lowest BCUT2D eigenvalue weighted by atomic mass is 10.1. The summed E-state index contributed by atoms with van der Waals surface area (Å²) in [5.41, 5.74) is 0. The van der Waals surface area contributed by atoms with Crippen molar-refractivity contribution in [2.75, 3.05) is 112 Å². The zero-order chi connectivity index (χ0) is 29.0. The Kier molecular flexibility index (Phi) is 35.4. The van der Waals surface area contributed by atoms with Gasteiger partial charge in [0.1, 0.15) is 6.61 Å². The Morgan fingerprint density at radius 3 is 1.02 bits per heavy atom. The Bertz CT molecular complexity index is 481. The molecule has 0 saturated heterocycles. The molecule has 0 spiro atoms. The molecular formula is C30H60O10. The lowest BCUT2D eigenvalue weighted by molar-refractivity contribution is -0.145. The van der Waals surface area contributed by atoms with Gasteiger partial charge in [0, 0.05) is 13.0 Å². The summed E-state index contributed by atoms with van der Waals surface area (Å²) in [6.45, 7) is 13.0. The maximum Gasteiger partial charge on any atom is 0.305 e. The van der Waals surface area contributed by atoms with E-state index in [1.54, 1.807) is 0 Å². The normalized spacial score (nSPS) is 11.3. The first-order chi connectivity index (χ1) is 19.8. The van der Waals surface area contributed by atoms with Crippen molar-refractivity contribution < 1.29 is 47.4 Å². The smallest absolute Gasteiger partial charge is 0.305 e. The summed E-state index contributed by atoms with van der Waals surface area (Å²) in [5.74, 6) is -0.132. The van der Waals surface area contributed by atoms with Crippen molar-refractivity contribution in [1.29, 1.82) is 0 Å². The molecule has 0 saturated carbocycles. The molecule has 0 aromatic carbocycles. The van der Waals surface area contributed by atoms with Gasteiger partial charge in [-0.1, -0.05) is 58.3 Å². The fourth-order valence-corrected chi connectivity index (χ4v) is 3.55. The fourth-order valence-electron chi connectivity index (χ4n) is 3.55. The van der Waals surface area contributed by atoms with Crippen molar-refractivity contribution in [3.05, 3.63) is 0 Å². The van der Waals surface area contributed by atoms with Crippen LogP contribution in [-0.2, 0) is 47.4 Å². The van der Waals surface area contributed by atoms with Crippen LogP contribution in [0.1, 0.15) is 78.1 Å².